The molecule has 2 aliphatic rings. The molecule has 3 rings (SSSR count). The number of nitrogens with one attached hydrogen (secondary N) is 2. The Bertz CT molecular complexity index is 639. The molecule has 1 aromatic rings. The number of thiocarbonyl (C=S) groups is 1. The van der Waals surface area contributed by atoms with E-state index in [-0.39, 0.29) is 11.9 Å². The first-order chi connectivity index (χ1) is 10.9. The van der Waals surface area contributed by atoms with Crippen LogP contribution in [0.1, 0.15) is 43.0 Å². The molecule has 124 valence electrons. The van der Waals surface area contributed by atoms with Crippen LogP contribution in [0.25, 0.3) is 0 Å². The second-order valence-corrected chi connectivity index (χ2v) is 8.41. The molecule has 23 heavy (non-hydrogen) atoms. The SMILES string of the molecule is C[C@@H](NC(=S)NC(=O)c1cc(Br)ccc1Cl)[C@H]1C[C@H]2CC[C@H]1C2. The van der Waals surface area contributed by atoms with Gasteiger partial charge >= 0.3 is 0 Å². The largest absolute Gasteiger partial charge is 0.360 e. The molecule has 0 saturated heterocycles. The maximum atomic E-state index is 12.3. The molecule has 3 nitrogen and oxygen atoms in total. The Labute approximate surface area is 155 Å². The lowest BCUT2D eigenvalue weighted by atomic mass is 9.84. The number of hydrogen-bond acceptors (Lipinski definition) is 2. The average Bonchev–Trinajstić information content (AvgIpc) is 3.12. The van der Waals surface area contributed by atoms with Crippen molar-refractivity contribution in [3.05, 3.63) is 33.3 Å². The second-order valence-electron chi connectivity index (χ2n) is 6.68. The third kappa shape index (κ3) is 3.89. The maximum Gasteiger partial charge on any atom is 0.258 e. The third-order valence-corrected chi connectivity index (χ3v) is 6.24. The molecular weight excluding hydrogens is 396 g/mol. The van der Waals surface area contributed by atoms with Gasteiger partial charge in [0.25, 0.3) is 5.91 Å². The zero-order chi connectivity index (χ0) is 16.6. The Morgan fingerprint density at radius 2 is 2.17 bits per heavy atom. The van der Waals surface area contributed by atoms with Gasteiger partial charge in [-0.1, -0.05) is 34.0 Å². The normalized spacial score (nSPS) is 26.8. The standard InChI is InChI=1S/C17H20BrClN2OS/c1-9(13-7-10-2-3-11(13)6-10)20-17(23)21-16(22)14-8-12(18)4-5-15(14)19/h4-5,8-11,13H,2-3,6-7H2,1H3,(H2,20,21,22,23)/t9-,10+,11+,13-/m1/s1. The summed E-state index contributed by atoms with van der Waals surface area (Å²) in [4.78, 5) is 12.3. The van der Waals surface area contributed by atoms with Crippen molar-refractivity contribution in [2.24, 2.45) is 17.8 Å². The molecule has 0 aromatic heterocycles. The highest BCUT2D eigenvalue weighted by molar-refractivity contribution is 9.10. The molecule has 0 radical (unpaired) electrons. The fourth-order valence-electron chi connectivity index (χ4n) is 4.10. The minimum atomic E-state index is -0.283. The van der Waals surface area contributed by atoms with Crippen LogP contribution in [0.5, 0.6) is 0 Å². The Morgan fingerprint density at radius 1 is 1.39 bits per heavy atom. The number of halogens is 2. The summed E-state index contributed by atoms with van der Waals surface area (Å²) in [6, 6.07) is 5.47. The van der Waals surface area contributed by atoms with Crippen molar-refractivity contribution in [2.75, 3.05) is 0 Å². The lowest BCUT2D eigenvalue weighted by Gasteiger charge is -2.29. The highest BCUT2D eigenvalue weighted by Gasteiger charge is 2.41. The van der Waals surface area contributed by atoms with E-state index in [1.807, 2.05) is 0 Å². The first kappa shape index (κ1) is 17.2. The van der Waals surface area contributed by atoms with E-state index in [9.17, 15) is 4.79 Å². The summed E-state index contributed by atoms with van der Waals surface area (Å²) in [6.45, 7) is 2.16. The van der Waals surface area contributed by atoms with Crippen LogP contribution in [0.4, 0.5) is 0 Å². The van der Waals surface area contributed by atoms with Crippen molar-refractivity contribution in [1.29, 1.82) is 0 Å². The maximum absolute atomic E-state index is 12.3. The van der Waals surface area contributed by atoms with E-state index >= 15 is 0 Å². The van der Waals surface area contributed by atoms with Crippen LogP contribution in [-0.4, -0.2) is 17.1 Å². The Morgan fingerprint density at radius 3 is 2.83 bits per heavy atom. The molecule has 2 fully saturated rings. The summed E-state index contributed by atoms with van der Waals surface area (Å²) in [5.41, 5.74) is 0.415. The van der Waals surface area contributed by atoms with E-state index in [0.29, 0.717) is 21.6 Å². The van der Waals surface area contributed by atoms with Crippen molar-refractivity contribution < 1.29 is 4.79 Å². The topological polar surface area (TPSA) is 41.1 Å². The molecule has 4 atom stereocenters. The van der Waals surface area contributed by atoms with E-state index < -0.39 is 0 Å². The summed E-state index contributed by atoms with van der Waals surface area (Å²) >= 11 is 14.7. The lowest BCUT2D eigenvalue weighted by Crippen LogP contribution is -2.46. The summed E-state index contributed by atoms with van der Waals surface area (Å²) in [6.07, 6.45) is 5.38. The Hall–Kier alpha value is -0.650. The molecule has 2 saturated carbocycles. The number of amides is 1. The van der Waals surface area contributed by atoms with Gasteiger partial charge < -0.3 is 5.32 Å². The van der Waals surface area contributed by atoms with Gasteiger partial charge in [0.05, 0.1) is 10.6 Å². The Kier molecular flexibility index (Phi) is 5.29. The number of rotatable bonds is 3. The van der Waals surface area contributed by atoms with Gasteiger partial charge in [0.1, 0.15) is 0 Å². The molecule has 1 amide bonds. The van der Waals surface area contributed by atoms with Gasteiger partial charge in [-0.25, -0.2) is 0 Å². The molecule has 2 aliphatic carbocycles. The van der Waals surface area contributed by atoms with Gasteiger partial charge in [-0.15, -0.1) is 0 Å². The number of fused-ring (bicyclic) bond motifs is 2. The summed E-state index contributed by atoms with van der Waals surface area (Å²) < 4.78 is 0.807. The van der Waals surface area contributed by atoms with Crippen LogP contribution in [-0.2, 0) is 0 Å². The smallest absolute Gasteiger partial charge is 0.258 e. The number of hydrogen-bond donors (Lipinski definition) is 2. The molecule has 6 heteroatoms. The number of benzene rings is 1. The monoisotopic (exact) mass is 414 g/mol. The fraction of sp³-hybridized carbons (Fsp3) is 0.529. The average molecular weight is 416 g/mol. The van der Waals surface area contributed by atoms with E-state index in [2.05, 4.69) is 33.5 Å². The van der Waals surface area contributed by atoms with Gasteiger partial charge in [0, 0.05) is 10.5 Å². The van der Waals surface area contributed by atoms with Gasteiger partial charge in [-0.2, -0.15) is 0 Å². The van der Waals surface area contributed by atoms with Crippen molar-refractivity contribution in [2.45, 2.75) is 38.6 Å². The van der Waals surface area contributed by atoms with Crippen LogP contribution >= 0.6 is 39.7 Å². The lowest BCUT2D eigenvalue weighted by molar-refractivity contribution is 0.0976. The zero-order valence-electron chi connectivity index (χ0n) is 12.9. The van der Waals surface area contributed by atoms with Crippen molar-refractivity contribution in [3.63, 3.8) is 0 Å². The predicted octanol–water partition coefficient (Wildman–Crippen LogP) is 4.53. The Balaban J connectivity index is 1.56. The quantitative estimate of drug-likeness (QED) is 0.713. The minimum absolute atomic E-state index is 0.283. The van der Waals surface area contributed by atoms with Crippen LogP contribution in [0.2, 0.25) is 5.02 Å². The summed E-state index contributed by atoms with van der Waals surface area (Å²) in [7, 11) is 0. The summed E-state index contributed by atoms with van der Waals surface area (Å²) in [5, 5.41) is 6.81. The molecule has 1 aromatic carbocycles. The highest BCUT2D eigenvalue weighted by atomic mass is 79.9. The molecular formula is C17H20BrClN2OS. The van der Waals surface area contributed by atoms with Crippen molar-refractivity contribution in [3.8, 4) is 0 Å². The number of carbonyl (C=O) groups is 1. The van der Waals surface area contributed by atoms with E-state index in [1.165, 1.54) is 25.7 Å². The van der Waals surface area contributed by atoms with Gasteiger partial charge in [-0.05, 0) is 74.4 Å². The van der Waals surface area contributed by atoms with E-state index in [1.54, 1.807) is 18.2 Å². The van der Waals surface area contributed by atoms with Gasteiger partial charge in [-0.3, -0.25) is 10.1 Å². The molecule has 0 unspecified atom stereocenters. The van der Waals surface area contributed by atoms with Crippen molar-refractivity contribution >= 4 is 50.8 Å². The highest BCUT2D eigenvalue weighted by Crippen LogP contribution is 2.49. The predicted molar refractivity (Wildman–Crippen MR) is 101 cm³/mol. The van der Waals surface area contributed by atoms with Crippen LogP contribution in [0.3, 0.4) is 0 Å². The van der Waals surface area contributed by atoms with Crippen LogP contribution in [0.15, 0.2) is 22.7 Å². The zero-order valence-corrected chi connectivity index (χ0v) is 16.1. The minimum Gasteiger partial charge on any atom is -0.360 e. The fourth-order valence-corrected chi connectivity index (χ4v) is 4.94. The molecule has 2 N–H and O–H groups in total. The van der Waals surface area contributed by atoms with Crippen LogP contribution < -0.4 is 10.6 Å². The molecule has 0 spiro atoms. The van der Waals surface area contributed by atoms with Crippen LogP contribution in [0, 0.1) is 17.8 Å². The molecule has 0 aliphatic heterocycles. The first-order valence-corrected chi connectivity index (χ1v) is 9.59. The molecule has 0 heterocycles. The van der Waals surface area contributed by atoms with Gasteiger partial charge in [0.2, 0.25) is 0 Å². The van der Waals surface area contributed by atoms with E-state index in [4.69, 9.17) is 23.8 Å². The first-order valence-electron chi connectivity index (χ1n) is 8.01. The number of carbonyl (C=O) groups excluding carboxylic acids is 1. The van der Waals surface area contributed by atoms with Gasteiger partial charge in [0.15, 0.2) is 5.11 Å². The molecule has 2 bridgehead atoms. The van der Waals surface area contributed by atoms with E-state index in [0.717, 1.165) is 16.3 Å². The summed E-state index contributed by atoms with van der Waals surface area (Å²) in [5.74, 6) is 2.10. The second kappa shape index (κ2) is 7.08. The van der Waals surface area contributed by atoms with Crippen molar-refractivity contribution in [1.82, 2.24) is 10.6 Å². The third-order valence-electron chi connectivity index (χ3n) is 5.19.